The zero-order valence-electron chi connectivity index (χ0n) is 5.94. The summed E-state index contributed by atoms with van der Waals surface area (Å²) in [5.74, 6) is 0. The average Bonchev–Trinajstić information content (AvgIpc) is 1.19. The van der Waals surface area contributed by atoms with Gasteiger partial charge in [0.2, 0.25) is 0 Å². The zero-order chi connectivity index (χ0) is 8.08. The van der Waals surface area contributed by atoms with Crippen molar-refractivity contribution in [2.75, 3.05) is 0 Å². The van der Waals surface area contributed by atoms with E-state index in [0.717, 1.165) is 0 Å². The van der Waals surface area contributed by atoms with Crippen molar-refractivity contribution in [3.05, 3.63) is 15.3 Å². The molecule has 0 spiro atoms. The van der Waals surface area contributed by atoms with E-state index >= 15 is 0 Å². The summed E-state index contributed by atoms with van der Waals surface area (Å²) in [6.45, 7) is 5.23. The van der Waals surface area contributed by atoms with Gasteiger partial charge in [-0.15, -0.1) is 0 Å². The molecule has 0 unspecified atom stereocenters. The van der Waals surface area contributed by atoms with Crippen LogP contribution in [0.5, 0.6) is 0 Å². The van der Waals surface area contributed by atoms with E-state index in [1.54, 1.807) is 20.8 Å². The van der Waals surface area contributed by atoms with E-state index in [9.17, 15) is 0 Å². The molecule has 10 heavy (non-hydrogen) atoms. The van der Waals surface area contributed by atoms with Crippen LogP contribution in [-0.4, -0.2) is 15.8 Å². The van der Waals surface area contributed by atoms with Crippen LogP contribution in [0.15, 0.2) is 0 Å². The third kappa shape index (κ3) is 2820. The van der Waals surface area contributed by atoms with Crippen molar-refractivity contribution < 1.29 is 26.7 Å². The van der Waals surface area contributed by atoms with Gasteiger partial charge in [-0.3, -0.25) is 0 Å². The van der Waals surface area contributed by atoms with Crippen molar-refractivity contribution in [1.29, 1.82) is 0 Å². The Balaban J connectivity index is -0.0000000910. The summed E-state index contributed by atoms with van der Waals surface area (Å²) in [6, 6.07) is 0. The van der Waals surface area contributed by atoms with Gasteiger partial charge in [-0.2, -0.15) is 0 Å². The molecular weight excluding hydrogens is 185 g/mol. The molecule has 6 heteroatoms. The van der Waals surface area contributed by atoms with E-state index < -0.39 is 10.7 Å². The van der Waals surface area contributed by atoms with Crippen molar-refractivity contribution in [2.24, 2.45) is 0 Å². The minimum Gasteiger partial charge on any atom is -0.391 e. The molecule has 0 bridgehead atoms. The summed E-state index contributed by atoms with van der Waals surface area (Å²) < 4.78 is 0. The van der Waals surface area contributed by atoms with E-state index in [1.807, 2.05) is 0 Å². The molecule has 0 saturated heterocycles. The van der Waals surface area contributed by atoms with Crippen LogP contribution in [-0.2, 0) is 16.5 Å². The molecule has 0 aliphatic rings. The van der Waals surface area contributed by atoms with Crippen molar-refractivity contribution in [1.82, 2.24) is 0 Å². The van der Waals surface area contributed by atoms with Gasteiger partial charge in [0.1, 0.15) is 0 Å². The Bertz CT molecular complexity index is 79.7. The van der Waals surface area contributed by atoms with E-state index in [2.05, 4.69) is 0 Å². The predicted molar refractivity (Wildman–Crippen MR) is 32.3 cm³/mol. The van der Waals surface area contributed by atoms with Gasteiger partial charge in [0.05, 0.1) is 10.7 Å². The fraction of sp³-hybridized carbons (Fsp3) is 1.00. The van der Waals surface area contributed by atoms with Gasteiger partial charge in [-0.05, 0) is 20.8 Å². The zero-order valence-corrected chi connectivity index (χ0v) is 6.92. The number of rotatable bonds is 0. The van der Waals surface area contributed by atoms with Crippen LogP contribution < -0.4 is 0 Å². The van der Waals surface area contributed by atoms with Gasteiger partial charge in [0.25, 0.3) is 0 Å². The molecule has 0 rings (SSSR count). The van der Waals surface area contributed by atoms with Gasteiger partial charge < -0.3 is 20.4 Å². The first-order valence-corrected chi connectivity index (χ1v) is 2.27. The Labute approximate surface area is 69.1 Å². The minimum absolute atomic E-state index is 0. The molecule has 0 radical (unpaired) electrons. The predicted octanol–water partition coefficient (Wildman–Crippen LogP) is 0.536. The van der Waals surface area contributed by atoms with E-state index in [1.165, 1.54) is 0 Å². The third-order valence-corrected chi connectivity index (χ3v) is 0. The van der Waals surface area contributed by atoms with Crippen LogP contribution in [0, 0.1) is 15.3 Å². The van der Waals surface area contributed by atoms with Gasteiger partial charge in [0.15, 0.2) is 0 Å². The van der Waals surface area contributed by atoms with Crippen molar-refractivity contribution >= 4 is 0 Å². The molecule has 0 heterocycles. The number of hydrogen-bond acceptors (Lipinski definition) is 4. The average molecular weight is 195 g/mol. The van der Waals surface area contributed by atoms with Gasteiger partial charge in [0, 0.05) is 16.5 Å². The molecular formula is C4H10NNiO4-. The molecule has 0 aromatic carbocycles. The van der Waals surface area contributed by atoms with Crippen molar-refractivity contribution in [3.8, 4) is 0 Å². The first-order chi connectivity index (χ1) is 3.73. The Hall–Kier alpha value is -0.346. The van der Waals surface area contributed by atoms with Crippen LogP contribution in [0.4, 0.5) is 0 Å². The molecule has 0 fully saturated rings. The molecule has 0 aliphatic carbocycles. The fourth-order valence-electron chi connectivity index (χ4n) is 0. The summed E-state index contributed by atoms with van der Waals surface area (Å²) in [6.07, 6.45) is 0. The number of aliphatic hydroxyl groups is 1. The van der Waals surface area contributed by atoms with Crippen molar-refractivity contribution in [3.63, 3.8) is 0 Å². The van der Waals surface area contributed by atoms with Gasteiger partial charge >= 0.3 is 0 Å². The molecule has 66 valence electrons. The normalized spacial score (nSPS) is 8.40. The van der Waals surface area contributed by atoms with Crippen molar-refractivity contribution in [2.45, 2.75) is 26.4 Å². The SMILES string of the molecule is CC(C)(C)O.O=[N+]([O-])[O-].[Ni]. The van der Waals surface area contributed by atoms with Crippen LogP contribution >= 0.6 is 0 Å². The van der Waals surface area contributed by atoms with Crippen LogP contribution in [0.25, 0.3) is 0 Å². The first kappa shape index (κ1) is 16.3. The van der Waals surface area contributed by atoms with Crippen LogP contribution in [0.3, 0.4) is 0 Å². The number of nitrogens with zero attached hydrogens (tertiary/aromatic N) is 1. The van der Waals surface area contributed by atoms with E-state index in [4.69, 9.17) is 20.4 Å². The summed E-state index contributed by atoms with van der Waals surface area (Å²) in [4.78, 5) is 8.25. The van der Waals surface area contributed by atoms with Crippen LogP contribution in [0.1, 0.15) is 20.8 Å². The molecule has 5 nitrogen and oxygen atoms in total. The summed E-state index contributed by atoms with van der Waals surface area (Å²) >= 11 is 0. The molecule has 0 aromatic rings. The standard InChI is InChI=1S/C4H10O.NO3.Ni/c1-4(2,3)5;2-1(3)4;/h5H,1-3H3;;/q;-1;. The molecule has 0 aromatic heterocycles. The molecule has 0 aliphatic heterocycles. The smallest absolute Gasteiger partial charge is 0.0689 e. The van der Waals surface area contributed by atoms with Gasteiger partial charge in [-0.1, -0.05) is 0 Å². The van der Waals surface area contributed by atoms with Crippen LogP contribution in [0.2, 0.25) is 0 Å². The third-order valence-electron chi connectivity index (χ3n) is 0. The van der Waals surface area contributed by atoms with Gasteiger partial charge in [-0.25, -0.2) is 0 Å². The topological polar surface area (TPSA) is 86.4 Å². The Morgan fingerprint density at radius 3 is 1.30 bits per heavy atom. The summed E-state index contributed by atoms with van der Waals surface area (Å²) in [7, 11) is 0. The first-order valence-electron chi connectivity index (χ1n) is 2.27. The molecule has 0 saturated carbocycles. The minimum atomic E-state index is -1.75. The monoisotopic (exact) mass is 194 g/mol. The summed E-state index contributed by atoms with van der Waals surface area (Å²) in [5.41, 5.74) is -0.500. The largest absolute Gasteiger partial charge is 0.391 e. The summed E-state index contributed by atoms with van der Waals surface area (Å²) in [5, 5.41) is 23.3. The number of hydrogen-bond donors (Lipinski definition) is 1. The second-order valence-corrected chi connectivity index (χ2v) is 2.39. The van der Waals surface area contributed by atoms with E-state index in [-0.39, 0.29) is 16.5 Å². The maximum absolute atomic E-state index is 8.52. The molecule has 0 amide bonds. The van der Waals surface area contributed by atoms with E-state index in [0.29, 0.717) is 0 Å². The maximum Gasteiger partial charge on any atom is 0.0689 e. The molecule has 0 atom stereocenters. The Morgan fingerprint density at radius 1 is 1.30 bits per heavy atom. The Kier molecular flexibility index (Phi) is 11.1. The second kappa shape index (κ2) is 6.77. The fourth-order valence-corrected chi connectivity index (χ4v) is 0. The maximum atomic E-state index is 8.52. The quantitative estimate of drug-likeness (QED) is 0.347. The second-order valence-electron chi connectivity index (χ2n) is 2.39. The Morgan fingerprint density at radius 2 is 1.30 bits per heavy atom. The molecule has 1 N–H and O–H groups in total.